The summed E-state index contributed by atoms with van der Waals surface area (Å²) in [6.07, 6.45) is 0.880. The highest BCUT2D eigenvalue weighted by Gasteiger charge is 2.21. The van der Waals surface area contributed by atoms with Gasteiger partial charge < -0.3 is 9.64 Å². The zero-order valence-electron chi connectivity index (χ0n) is 15.3. The lowest BCUT2D eigenvalue weighted by Gasteiger charge is -2.21. The molecule has 0 bridgehead atoms. The van der Waals surface area contributed by atoms with Gasteiger partial charge in [0.25, 0.3) is 5.91 Å². The van der Waals surface area contributed by atoms with Gasteiger partial charge in [-0.05, 0) is 57.4 Å². The first-order valence-corrected chi connectivity index (χ1v) is 9.36. The van der Waals surface area contributed by atoms with Crippen LogP contribution in [0, 0.1) is 0 Å². The predicted octanol–water partition coefficient (Wildman–Crippen LogP) is 3.90. The van der Waals surface area contributed by atoms with E-state index >= 15 is 0 Å². The second-order valence-electron chi connectivity index (χ2n) is 6.31. The number of carbonyl (C=O) groups excluding carboxylic acids is 1. The molecule has 5 nitrogen and oxygen atoms in total. The van der Waals surface area contributed by atoms with E-state index < -0.39 is 0 Å². The van der Waals surface area contributed by atoms with Crippen LogP contribution in [-0.2, 0) is 0 Å². The van der Waals surface area contributed by atoms with Crippen molar-refractivity contribution in [3.05, 3.63) is 54.1 Å². The van der Waals surface area contributed by atoms with Crippen LogP contribution in [-0.4, -0.2) is 50.1 Å². The Labute approximate surface area is 157 Å². The van der Waals surface area contributed by atoms with Gasteiger partial charge in [-0.3, -0.25) is 9.69 Å². The fraction of sp³-hybridized carbons (Fsp3) is 0.300. The molecule has 0 atom stereocenters. The van der Waals surface area contributed by atoms with Gasteiger partial charge in [-0.15, -0.1) is 0 Å². The summed E-state index contributed by atoms with van der Waals surface area (Å²) in [6, 6.07) is 15.1. The van der Waals surface area contributed by atoms with Crippen LogP contribution in [0.15, 0.2) is 48.5 Å². The fourth-order valence-corrected chi connectivity index (χ4v) is 3.72. The van der Waals surface area contributed by atoms with Gasteiger partial charge >= 0.3 is 0 Å². The van der Waals surface area contributed by atoms with Crippen molar-refractivity contribution >= 4 is 32.6 Å². The minimum absolute atomic E-state index is 0.0182. The second-order valence-corrected chi connectivity index (χ2v) is 7.32. The zero-order chi connectivity index (χ0) is 18.5. The molecule has 0 aliphatic rings. The number of anilines is 1. The number of rotatable bonds is 7. The molecule has 1 heterocycles. The summed E-state index contributed by atoms with van der Waals surface area (Å²) >= 11 is 1.52. The highest BCUT2D eigenvalue weighted by molar-refractivity contribution is 7.22. The van der Waals surface area contributed by atoms with E-state index in [1.54, 1.807) is 12.0 Å². The third kappa shape index (κ3) is 4.20. The Hall–Kier alpha value is -2.44. The van der Waals surface area contributed by atoms with Gasteiger partial charge in [0.15, 0.2) is 5.13 Å². The molecule has 3 rings (SSSR count). The molecule has 0 radical (unpaired) electrons. The molecule has 6 heteroatoms. The number of hydrogen-bond acceptors (Lipinski definition) is 5. The summed E-state index contributed by atoms with van der Waals surface area (Å²) in [5.74, 6) is 0.775. The Kier molecular flexibility index (Phi) is 5.85. The maximum absolute atomic E-state index is 13.1. The van der Waals surface area contributed by atoms with Crippen LogP contribution in [0.1, 0.15) is 16.8 Å². The molecular formula is C20H23N3O2S. The largest absolute Gasteiger partial charge is 0.497 e. The van der Waals surface area contributed by atoms with E-state index in [1.165, 1.54) is 11.3 Å². The Morgan fingerprint density at radius 3 is 2.58 bits per heavy atom. The van der Waals surface area contributed by atoms with Crippen LogP contribution >= 0.6 is 11.3 Å². The van der Waals surface area contributed by atoms with Crippen LogP contribution < -0.4 is 9.64 Å². The number of carbonyl (C=O) groups is 1. The van der Waals surface area contributed by atoms with E-state index in [4.69, 9.17) is 4.74 Å². The molecule has 0 fully saturated rings. The topological polar surface area (TPSA) is 45.7 Å². The molecule has 0 unspecified atom stereocenters. The highest BCUT2D eigenvalue weighted by Crippen LogP contribution is 2.32. The summed E-state index contributed by atoms with van der Waals surface area (Å²) in [5, 5.41) is 0.723. The van der Waals surface area contributed by atoms with E-state index in [2.05, 4.69) is 9.88 Å². The first-order chi connectivity index (χ1) is 12.6. The van der Waals surface area contributed by atoms with Crippen LogP contribution in [0.3, 0.4) is 0 Å². The average molecular weight is 369 g/mol. The molecule has 0 aliphatic heterocycles. The third-order valence-electron chi connectivity index (χ3n) is 4.07. The number of amides is 1. The van der Waals surface area contributed by atoms with Gasteiger partial charge in [0, 0.05) is 12.1 Å². The second kappa shape index (κ2) is 8.29. The van der Waals surface area contributed by atoms with Crippen LogP contribution in [0.5, 0.6) is 5.75 Å². The molecule has 0 aliphatic carbocycles. The maximum atomic E-state index is 13.1. The van der Waals surface area contributed by atoms with Gasteiger partial charge in [-0.1, -0.05) is 29.5 Å². The number of nitrogens with zero attached hydrogens (tertiary/aromatic N) is 3. The number of benzene rings is 2. The summed E-state index contributed by atoms with van der Waals surface area (Å²) < 4.78 is 6.30. The van der Waals surface area contributed by atoms with Gasteiger partial charge in [-0.2, -0.15) is 0 Å². The molecule has 136 valence electrons. The normalized spacial score (nSPS) is 11.1. The summed E-state index contributed by atoms with van der Waals surface area (Å²) in [6.45, 7) is 1.54. The molecule has 1 aromatic heterocycles. The van der Waals surface area contributed by atoms with Crippen molar-refractivity contribution in [3.63, 3.8) is 0 Å². The van der Waals surface area contributed by atoms with Crippen molar-refractivity contribution in [1.29, 1.82) is 0 Å². The van der Waals surface area contributed by atoms with Crippen molar-refractivity contribution in [3.8, 4) is 5.75 Å². The van der Waals surface area contributed by atoms with E-state index in [9.17, 15) is 4.79 Å². The molecule has 2 aromatic carbocycles. The number of thiazole rings is 1. The van der Waals surface area contributed by atoms with Crippen molar-refractivity contribution in [2.45, 2.75) is 6.42 Å². The monoisotopic (exact) mass is 369 g/mol. The third-order valence-corrected chi connectivity index (χ3v) is 5.11. The summed E-state index contributed by atoms with van der Waals surface area (Å²) in [4.78, 5) is 21.7. The van der Waals surface area contributed by atoms with E-state index in [0.29, 0.717) is 12.1 Å². The maximum Gasteiger partial charge on any atom is 0.260 e. The lowest BCUT2D eigenvalue weighted by Crippen LogP contribution is -2.33. The van der Waals surface area contributed by atoms with Crippen molar-refractivity contribution in [2.24, 2.45) is 0 Å². The average Bonchev–Trinajstić information content (AvgIpc) is 3.07. The quantitative estimate of drug-likeness (QED) is 0.634. The van der Waals surface area contributed by atoms with Gasteiger partial charge in [-0.25, -0.2) is 4.98 Å². The van der Waals surface area contributed by atoms with Gasteiger partial charge in [0.1, 0.15) is 5.75 Å². The van der Waals surface area contributed by atoms with E-state index in [1.807, 2.05) is 62.6 Å². The number of hydrogen-bond donors (Lipinski definition) is 0. The van der Waals surface area contributed by atoms with Crippen molar-refractivity contribution in [2.75, 3.05) is 39.2 Å². The van der Waals surface area contributed by atoms with Gasteiger partial charge in [0.2, 0.25) is 0 Å². The standard InChI is InChI=1S/C20H23N3O2S/c1-22(2)12-7-13-23(19(24)15-8-5-4-6-9-15)20-21-17-11-10-16(25-3)14-18(17)26-20/h4-6,8-11,14H,7,12-13H2,1-3H3. The Bertz CT molecular complexity index is 877. The smallest absolute Gasteiger partial charge is 0.260 e. The van der Waals surface area contributed by atoms with Crippen LogP contribution in [0.4, 0.5) is 5.13 Å². The fourth-order valence-electron chi connectivity index (χ4n) is 2.70. The SMILES string of the molecule is COc1ccc2nc(N(CCCN(C)C)C(=O)c3ccccc3)sc2c1. The van der Waals surface area contributed by atoms with Crippen LogP contribution in [0.2, 0.25) is 0 Å². The first kappa shape index (κ1) is 18.4. The lowest BCUT2D eigenvalue weighted by atomic mass is 10.2. The van der Waals surface area contributed by atoms with Crippen molar-refractivity contribution < 1.29 is 9.53 Å². The number of ether oxygens (including phenoxy) is 1. The molecular weight excluding hydrogens is 346 g/mol. The molecule has 3 aromatic rings. The molecule has 0 saturated heterocycles. The zero-order valence-corrected chi connectivity index (χ0v) is 16.1. The molecule has 0 N–H and O–H groups in total. The Balaban J connectivity index is 1.92. The Morgan fingerprint density at radius 2 is 1.88 bits per heavy atom. The van der Waals surface area contributed by atoms with E-state index in [0.717, 1.165) is 34.1 Å². The predicted molar refractivity (Wildman–Crippen MR) is 107 cm³/mol. The molecule has 26 heavy (non-hydrogen) atoms. The lowest BCUT2D eigenvalue weighted by molar-refractivity contribution is 0.0986. The number of aromatic nitrogens is 1. The number of fused-ring (bicyclic) bond motifs is 1. The van der Waals surface area contributed by atoms with Crippen molar-refractivity contribution in [1.82, 2.24) is 9.88 Å². The molecule has 0 spiro atoms. The van der Waals surface area contributed by atoms with Crippen LogP contribution in [0.25, 0.3) is 10.2 Å². The molecule has 1 amide bonds. The van der Waals surface area contributed by atoms with E-state index in [-0.39, 0.29) is 5.91 Å². The molecule has 0 saturated carbocycles. The number of methoxy groups -OCH3 is 1. The Morgan fingerprint density at radius 1 is 1.12 bits per heavy atom. The first-order valence-electron chi connectivity index (χ1n) is 8.54. The summed E-state index contributed by atoms with van der Waals surface area (Å²) in [5.41, 5.74) is 1.55. The van der Waals surface area contributed by atoms with Gasteiger partial charge in [0.05, 0.1) is 17.3 Å². The summed E-state index contributed by atoms with van der Waals surface area (Å²) in [7, 11) is 5.72. The highest BCUT2D eigenvalue weighted by atomic mass is 32.1. The minimum Gasteiger partial charge on any atom is -0.497 e. The minimum atomic E-state index is -0.0182.